The first-order valence-corrected chi connectivity index (χ1v) is 6.24. The zero-order valence-corrected chi connectivity index (χ0v) is 11.8. The molecule has 1 amide bonds. The number of nitrogens with one attached hydrogen (secondary N) is 1. The second-order valence-corrected chi connectivity index (χ2v) is 5.62. The fourth-order valence-corrected chi connectivity index (χ4v) is 1.67. The van der Waals surface area contributed by atoms with Crippen molar-refractivity contribution in [3.8, 4) is 0 Å². The first-order chi connectivity index (χ1) is 7.70. The lowest BCUT2D eigenvalue weighted by molar-refractivity contribution is -0.137. The molecule has 1 unspecified atom stereocenters. The summed E-state index contributed by atoms with van der Waals surface area (Å²) in [4.78, 5) is 10.9. The standard InChI is InChI=1S/C10H8Br2F3NO/c1-5(11)9(17)16-8-3-6(10(13,14)15)2-7(12)4-8/h2-5H,1H3,(H,16,17). The number of alkyl halides is 4. The van der Waals surface area contributed by atoms with Gasteiger partial charge in [-0.05, 0) is 25.1 Å². The molecule has 0 fully saturated rings. The molecule has 0 heterocycles. The van der Waals surface area contributed by atoms with Crippen LogP contribution in [0.3, 0.4) is 0 Å². The molecule has 1 aromatic rings. The van der Waals surface area contributed by atoms with Crippen molar-refractivity contribution >= 4 is 43.5 Å². The predicted octanol–water partition coefficient (Wildman–Crippen LogP) is 4.19. The highest BCUT2D eigenvalue weighted by Crippen LogP contribution is 2.33. The maximum atomic E-state index is 12.5. The topological polar surface area (TPSA) is 29.1 Å². The van der Waals surface area contributed by atoms with Crippen molar-refractivity contribution in [2.24, 2.45) is 0 Å². The summed E-state index contributed by atoms with van der Waals surface area (Å²) >= 11 is 6.00. The number of halogens is 5. The first-order valence-electron chi connectivity index (χ1n) is 4.53. The van der Waals surface area contributed by atoms with Gasteiger partial charge in [-0.1, -0.05) is 31.9 Å². The Morgan fingerprint density at radius 3 is 2.41 bits per heavy atom. The average Bonchev–Trinajstić information content (AvgIpc) is 2.15. The van der Waals surface area contributed by atoms with Gasteiger partial charge >= 0.3 is 6.18 Å². The van der Waals surface area contributed by atoms with E-state index >= 15 is 0 Å². The van der Waals surface area contributed by atoms with Crippen LogP contribution in [-0.2, 0) is 11.0 Å². The van der Waals surface area contributed by atoms with Crippen LogP contribution in [-0.4, -0.2) is 10.7 Å². The fraction of sp³-hybridized carbons (Fsp3) is 0.300. The molecular formula is C10H8Br2F3NO. The van der Waals surface area contributed by atoms with Gasteiger partial charge in [0, 0.05) is 10.2 Å². The van der Waals surface area contributed by atoms with Crippen LogP contribution in [0.1, 0.15) is 12.5 Å². The number of anilines is 1. The molecule has 0 aliphatic heterocycles. The third-order valence-electron chi connectivity index (χ3n) is 1.85. The van der Waals surface area contributed by atoms with Crippen LogP contribution in [0.5, 0.6) is 0 Å². The normalized spacial score (nSPS) is 13.3. The summed E-state index contributed by atoms with van der Waals surface area (Å²) < 4.78 is 37.8. The highest BCUT2D eigenvalue weighted by atomic mass is 79.9. The summed E-state index contributed by atoms with van der Waals surface area (Å²) in [5.74, 6) is -0.406. The summed E-state index contributed by atoms with van der Waals surface area (Å²) in [7, 11) is 0. The van der Waals surface area contributed by atoms with Crippen LogP contribution in [0, 0.1) is 0 Å². The Labute approximate surface area is 113 Å². The van der Waals surface area contributed by atoms with E-state index in [4.69, 9.17) is 0 Å². The summed E-state index contributed by atoms with van der Waals surface area (Å²) in [6.07, 6.45) is -4.44. The van der Waals surface area contributed by atoms with Crippen LogP contribution in [0.15, 0.2) is 22.7 Å². The zero-order valence-electron chi connectivity index (χ0n) is 8.61. The fourth-order valence-electron chi connectivity index (χ4n) is 1.07. The molecule has 1 aromatic carbocycles. The second-order valence-electron chi connectivity index (χ2n) is 3.33. The average molecular weight is 375 g/mol. The largest absolute Gasteiger partial charge is 0.416 e. The van der Waals surface area contributed by atoms with Gasteiger partial charge in [0.15, 0.2) is 0 Å². The molecule has 94 valence electrons. The highest BCUT2D eigenvalue weighted by Gasteiger charge is 2.31. The van der Waals surface area contributed by atoms with Crippen LogP contribution >= 0.6 is 31.9 Å². The van der Waals surface area contributed by atoms with Gasteiger partial charge in [-0.2, -0.15) is 13.2 Å². The third kappa shape index (κ3) is 4.31. The summed E-state index contributed by atoms with van der Waals surface area (Å²) in [5, 5.41) is 2.38. The molecule has 17 heavy (non-hydrogen) atoms. The van der Waals surface area contributed by atoms with Crippen molar-refractivity contribution in [2.45, 2.75) is 17.9 Å². The van der Waals surface area contributed by atoms with Crippen LogP contribution in [0.25, 0.3) is 0 Å². The number of hydrogen-bond acceptors (Lipinski definition) is 1. The lowest BCUT2D eigenvalue weighted by atomic mass is 10.2. The quantitative estimate of drug-likeness (QED) is 0.772. The van der Waals surface area contributed by atoms with E-state index in [2.05, 4.69) is 37.2 Å². The summed E-state index contributed by atoms with van der Waals surface area (Å²) in [6.45, 7) is 1.58. The molecule has 2 nitrogen and oxygen atoms in total. The number of rotatable bonds is 2. The number of carbonyl (C=O) groups excluding carboxylic acids is 1. The van der Waals surface area contributed by atoms with Crippen molar-refractivity contribution in [3.05, 3.63) is 28.2 Å². The number of benzene rings is 1. The van der Waals surface area contributed by atoms with E-state index in [0.717, 1.165) is 12.1 Å². The van der Waals surface area contributed by atoms with Crippen molar-refractivity contribution < 1.29 is 18.0 Å². The highest BCUT2D eigenvalue weighted by molar-refractivity contribution is 9.10. The van der Waals surface area contributed by atoms with Gasteiger partial charge in [0.2, 0.25) is 5.91 Å². The van der Waals surface area contributed by atoms with Gasteiger partial charge in [0.05, 0.1) is 10.4 Å². The molecule has 0 radical (unpaired) electrons. The van der Waals surface area contributed by atoms with E-state index < -0.39 is 22.5 Å². The Morgan fingerprint density at radius 1 is 1.35 bits per heavy atom. The van der Waals surface area contributed by atoms with E-state index in [-0.39, 0.29) is 10.2 Å². The molecule has 1 N–H and O–H groups in total. The molecule has 1 atom stereocenters. The van der Waals surface area contributed by atoms with Gasteiger partial charge in [-0.15, -0.1) is 0 Å². The number of amides is 1. The monoisotopic (exact) mass is 373 g/mol. The zero-order chi connectivity index (χ0) is 13.2. The van der Waals surface area contributed by atoms with Gasteiger partial charge in [-0.3, -0.25) is 4.79 Å². The summed E-state index contributed by atoms with van der Waals surface area (Å²) in [6, 6.07) is 3.24. The molecule has 0 saturated heterocycles. The minimum atomic E-state index is -4.44. The van der Waals surface area contributed by atoms with Gasteiger partial charge < -0.3 is 5.32 Å². The molecule has 0 bridgehead atoms. The van der Waals surface area contributed by atoms with E-state index in [0.29, 0.717) is 0 Å². The molecule has 0 aliphatic rings. The van der Waals surface area contributed by atoms with Crippen molar-refractivity contribution in [2.75, 3.05) is 5.32 Å². The molecule has 0 spiro atoms. The lowest BCUT2D eigenvalue weighted by Crippen LogP contribution is -2.20. The molecule has 0 aromatic heterocycles. The molecular weight excluding hydrogens is 367 g/mol. The Morgan fingerprint density at radius 2 is 1.94 bits per heavy atom. The van der Waals surface area contributed by atoms with Gasteiger partial charge in [0.25, 0.3) is 0 Å². The number of hydrogen-bond donors (Lipinski definition) is 1. The Balaban J connectivity index is 3.02. The molecule has 7 heteroatoms. The summed E-state index contributed by atoms with van der Waals surface area (Å²) in [5.41, 5.74) is -0.715. The Hall–Kier alpha value is -0.560. The Kier molecular flexibility index (Phi) is 4.60. The van der Waals surface area contributed by atoms with Gasteiger partial charge in [-0.25, -0.2) is 0 Å². The SMILES string of the molecule is CC(Br)C(=O)Nc1cc(Br)cc(C(F)(F)F)c1. The first kappa shape index (κ1) is 14.5. The van der Waals surface area contributed by atoms with Crippen molar-refractivity contribution in [1.82, 2.24) is 0 Å². The van der Waals surface area contributed by atoms with E-state index in [1.807, 2.05) is 0 Å². The van der Waals surface area contributed by atoms with Gasteiger partial charge in [0.1, 0.15) is 0 Å². The van der Waals surface area contributed by atoms with Crippen LogP contribution in [0.2, 0.25) is 0 Å². The minimum Gasteiger partial charge on any atom is -0.325 e. The minimum absolute atomic E-state index is 0.100. The Bertz CT molecular complexity index is 432. The van der Waals surface area contributed by atoms with E-state index in [1.165, 1.54) is 6.07 Å². The van der Waals surface area contributed by atoms with Crippen LogP contribution < -0.4 is 5.32 Å². The predicted molar refractivity (Wildman–Crippen MR) is 66.2 cm³/mol. The van der Waals surface area contributed by atoms with E-state index in [1.54, 1.807) is 6.92 Å². The van der Waals surface area contributed by atoms with Crippen molar-refractivity contribution in [3.63, 3.8) is 0 Å². The smallest absolute Gasteiger partial charge is 0.325 e. The molecule has 1 rings (SSSR count). The third-order valence-corrected chi connectivity index (χ3v) is 2.73. The van der Waals surface area contributed by atoms with Crippen LogP contribution in [0.4, 0.5) is 18.9 Å². The maximum absolute atomic E-state index is 12.5. The number of carbonyl (C=O) groups is 1. The molecule has 0 saturated carbocycles. The maximum Gasteiger partial charge on any atom is 0.416 e. The lowest BCUT2D eigenvalue weighted by Gasteiger charge is -2.11. The van der Waals surface area contributed by atoms with E-state index in [9.17, 15) is 18.0 Å². The second kappa shape index (κ2) is 5.39. The molecule has 0 aliphatic carbocycles. The van der Waals surface area contributed by atoms with Crippen molar-refractivity contribution in [1.29, 1.82) is 0 Å².